The maximum absolute atomic E-state index is 10.9. The normalized spacial score (nSPS) is 32.2. The topological polar surface area (TPSA) is 55.8 Å². The quantitative estimate of drug-likeness (QED) is 0.676. The number of carboxylic acid groups (broad SMARTS) is 1. The molecule has 0 saturated carbocycles. The minimum absolute atomic E-state index is 0.506. The van der Waals surface area contributed by atoms with Crippen LogP contribution in [0.15, 0.2) is 0 Å². The van der Waals surface area contributed by atoms with Crippen LogP contribution in [0.25, 0.3) is 0 Å². The van der Waals surface area contributed by atoms with E-state index >= 15 is 0 Å². The van der Waals surface area contributed by atoms with Crippen molar-refractivity contribution in [1.82, 2.24) is 0 Å². The predicted molar refractivity (Wildman–Crippen MR) is 47.7 cm³/mol. The molecule has 0 aromatic heterocycles. The van der Waals surface area contributed by atoms with Crippen LogP contribution in [-0.2, 0) is 14.3 Å². The summed E-state index contributed by atoms with van der Waals surface area (Å²) >= 11 is 1.65. The summed E-state index contributed by atoms with van der Waals surface area (Å²) in [7, 11) is 0. The molecule has 4 nitrogen and oxygen atoms in total. The van der Waals surface area contributed by atoms with E-state index in [0.717, 1.165) is 5.75 Å². The maximum Gasteiger partial charge on any atom is 0.312 e. The number of ether oxygens (including phenoxy) is 2. The minimum Gasteiger partial charge on any atom is -0.481 e. The molecule has 2 fully saturated rings. The van der Waals surface area contributed by atoms with Crippen LogP contribution < -0.4 is 0 Å². The molecule has 74 valence electrons. The lowest BCUT2D eigenvalue weighted by atomic mass is 9.97. The molecule has 2 aliphatic heterocycles. The first-order valence-electron chi connectivity index (χ1n) is 4.33. The molecule has 0 aromatic carbocycles. The van der Waals surface area contributed by atoms with Gasteiger partial charge in [0.25, 0.3) is 0 Å². The summed E-state index contributed by atoms with van der Waals surface area (Å²) in [6.45, 7) is 1.04. The van der Waals surface area contributed by atoms with E-state index in [9.17, 15) is 4.79 Å². The Labute approximate surface area is 80.6 Å². The number of carbonyl (C=O) groups is 1. The average Bonchev–Trinajstić information content (AvgIpc) is 2.54. The highest BCUT2D eigenvalue weighted by Gasteiger charge is 2.49. The Bertz CT molecular complexity index is 212. The summed E-state index contributed by atoms with van der Waals surface area (Å²) in [6.07, 6.45) is 0.689. The van der Waals surface area contributed by atoms with Crippen molar-refractivity contribution < 1.29 is 19.4 Å². The zero-order chi connectivity index (χ0) is 9.31. The lowest BCUT2D eigenvalue weighted by Gasteiger charge is -2.36. The van der Waals surface area contributed by atoms with E-state index in [1.807, 2.05) is 0 Å². The van der Waals surface area contributed by atoms with Gasteiger partial charge in [0.1, 0.15) is 5.92 Å². The van der Waals surface area contributed by atoms with Gasteiger partial charge >= 0.3 is 5.97 Å². The first kappa shape index (κ1) is 9.30. The molecule has 2 aliphatic rings. The molecule has 0 radical (unpaired) electrons. The van der Waals surface area contributed by atoms with E-state index in [1.165, 1.54) is 0 Å². The van der Waals surface area contributed by atoms with E-state index in [1.54, 1.807) is 11.8 Å². The molecular formula is C8H12O4S. The van der Waals surface area contributed by atoms with E-state index in [-0.39, 0.29) is 0 Å². The Morgan fingerprint density at radius 3 is 2.77 bits per heavy atom. The van der Waals surface area contributed by atoms with Gasteiger partial charge in [-0.1, -0.05) is 0 Å². The summed E-state index contributed by atoms with van der Waals surface area (Å²) in [4.78, 5) is 10.9. The molecule has 1 unspecified atom stereocenters. The predicted octanol–water partition coefficient (Wildman–Crippen LogP) is 0.567. The largest absolute Gasteiger partial charge is 0.481 e. The van der Waals surface area contributed by atoms with Gasteiger partial charge in [-0.2, -0.15) is 11.8 Å². The first-order valence-corrected chi connectivity index (χ1v) is 5.48. The number of hydrogen-bond acceptors (Lipinski definition) is 4. The Balaban J connectivity index is 2.16. The minimum atomic E-state index is -0.811. The summed E-state index contributed by atoms with van der Waals surface area (Å²) in [5.74, 6) is -0.612. The number of aliphatic carboxylic acids is 1. The molecule has 1 spiro atoms. The van der Waals surface area contributed by atoms with Gasteiger partial charge in [-0.15, -0.1) is 0 Å². The molecule has 13 heavy (non-hydrogen) atoms. The molecule has 0 aromatic rings. The SMILES string of the molecule is O=C(O)C1CSCCC12OCCO2. The van der Waals surface area contributed by atoms with Crippen LogP contribution in [-0.4, -0.2) is 41.6 Å². The van der Waals surface area contributed by atoms with E-state index in [2.05, 4.69) is 0 Å². The van der Waals surface area contributed by atoms with Crippen LogP contribution in [0.2, 0.25) is 0 Å². The zero-order valence-electron chi connectivity index (χ0n) is 7.19. The second kappa shape index (κ2) is 3.48. The Hall–Kier alpha value is -0.260. The van der Waals surface area contributed by atoms with Crippen LogP contribution >= 0.6 is 11.8 Å². The number of carboxylic acids is 1. The van der Waals surface area contributed by atoms with E-state index < -0.39 is 17.7 Å². The van der Waals surface area contributed by atoms with Crippen LogP contribution in [0.4, 0.5) is 0 Å². The summed E-state index contributed by atoms with van der Waals surface area (Å²) in [5, 5.41) is 8.99. The molecule has 1 N–H and O–H groups in total. The average molecular weight is 204 g/mol. The standard InChI is InChI=1S/C8H12O4S/c9-7(10)6-5-13-4-1-8(6)11-2-3-12-8/h6H,1-5H2,(H,9,10). The van der Waals surface area contributed by atoms with Crippen molar-refractivity contribution in [1.29, 1.82) is 0 Å². The number of thioether (sulfide) groups is 1. The van der Waals surface area contributed by atoms with Gasteiger partial charge in [0.05, 0.1) is 13.2 Å². The maximum atomic E-state index is 10.9. The molecule has 2 saturated heterocycles. The van der Waals surface area contributed by atoms with Crippen molar-refractivity contribution in [3.05, 3.63) is 0 Å². The van der Waals surface area contributed by atoms with Gasteiger partial charge in [-0.05, 0) is 5.75 Å². The number of rotatable bonds is 1. The zero-order valence-corrected chi connectivity index (χ0v) is 8.01. The van der Waals surface area contributed by atoms with Crippen molar-refractivity contribution in [2.45, 2.75) is 12.2 Å². The van der Waals surface area contributed by atoms with Crippen LogP contribution in [0, 0.1) is 5.92 Å². The molecule has 2 rings (SSSR count). The van der Waals surface area contributed by atoms with Crippen molar-refractivity contribution >= 4 is 17.7 Å². The molecule has 2 heterocycles. The van der Waals surface area contributed by atoms with Crippen molar-refractivity contribution in [2.24, 2.45) is 5.92 Å². The fraction of sp³-hybridized carbons (Fsp3) is 0.875. The summed E-state index contributed by atoms with van der Waals surface area (Å²) in [6, 6.07) is 0. The van der Waals surface area contributed by atoms with E-state index in [0.29, 0.717) is 25.4 Å². The first-order chi connectivity index (χ1) is 6.25. The molecule has 0 aliphatic carbocycles. The highest BCUT2D eigenvalue weighted by molar-refractivity contribution is 7.99. The smallest absolute Gasteiger partial charge is 0.312 e. The lowest BCUT2D eigenvalue weighted by Crippen LogP contribution is -2.47. The molecule has 0 amide bonds. The van der Waals surface area contributed by atoms with Gasteiger partial charge in [0.15, 0.2) is 5.79 Å². The Morgan fingerprint density at radius 1 is 1.46 bits per heavy atom. The van der Waals surface area contributed by atoms with Gasteiger partial charge < -0.3 is 14.6 Å². The van der Waals surface area contributed by atoms with Gasteiger partial charge in [-0.3, -0.25) is 4.79 Å². The monoisotopic (exact) mass is 204 g/mol. The summed E-state index contributed by atoms with van der Waals surface area (Å²) in [5.41, 5.74) is 0. The third-order valence-corrected chi connectivity index (χ3v) is 3.55. The lowest BCUT2D eigenvalue weighted by molar-refractivity contribution is -0.204. The molecular weight excluding hydrogens is 192 g/mol. The molecule has 5 heteroatoms. The van der Waals surface area contributed by atoms with Gasteiger partial charge in [-0.25, -0.2) is 0 Å². The highest BCUT2D eigenvalue weighted by atomic mass is 32.2. The van der Waals surface area contributed by atoms with Crippen LogP contribution in [0.5, 0.6) is 0 Å². The second-order valence-corrected chi connectivity index (χ2v) is 4.37. The Morgan fingerprint density at radius 2 is 2.15 bits per heavy atom. The Kier molecular flexibility index (Phi) is 2.49. The van der Waals surface area contributed by atoms with E-state index in [4.69, 9.17) is 14.6 Å². The third kappa shape index (κ3) is 1.56. The van der Waals surface area contributed by atoms with Crippen LogP contribution in [0.3, 0.4) is 0 Å². The number of hydrogen-bond donors (Lipinski definition) is 1. The van der Waals surface area contributed by atoms with Crippen molar-refractivity contribution in [2.75, 3.05) is 24.7 Å². The van der Waals surface area contributed by atoms with Gasteiger partial charge in [0, 0.05) is 12.2 Å². The molecule has 1 atom stereocenters. The summed E-state index contributed by atoms with van der Waals surface area (Å²) < 4.78 is 10.9. The van der Waals surface area contributed by atoms with Crippen molar-refractivity contribution in [3.63, 3.8) is 0 Å². The van der Waals surface area contributed by atoms with Gasteiger partial charge in [0.2, 0.25) is 0 Å². The van der Waals surface area contributed by atoms with Crippen molar-refractivity contribution in [3.8, 4) is 0 Å². The fourth-order valence-corrected chi connectivity index (χ4v) is 3.02. The third-order valence-electron chi connectivity index (χ3n) is 2.48. The van der Waals surface area contributed by atoms with Crippen LogP contribution in [0.1, 0.15) is 6.42 Å². The molecule has 0 bridgehead atoms. The fourth-order valence-electron chi connectivity index (χ4n) is 1.79. The second-order valence-electron chi connectivity index (χ2n) is 3.22. The highest BCUT2D eigenvalue weighted by Crippen LogP contribution is 2.39.